The summed E-state index contributed by atoms with van der Waals surface area (Å²) in [6.45, 7) is 6.06. The zero-order chi connectivity index (χ0) is 30.7. The quantitative estimate of drug-likeness (QED) is 0.433. The number of carbonyl (C=O) groups excluding carboxylic acids is 1. The van der Waals surface area contributed by atoms with Crippen molar-refractivity contribution in [3.8, 4) is 17.8 Å². The van der Waals surface area contributed by atoms with Gasteiger partial charge in [0.05, 0.1) is 37.4 Å². The molecule has 1 saturated heterocycles. The summed E-state index contributed by atoms with van der Waals surface area (Å²) in [5, 5.41) is 20.0. The van der Waals surface area contributed by atoms with Gasteiger partial charge in [0.15, 0.2) is 5.83 Å². The third kappa shape index (κ3) is 6.51. The van der Waals surface area contributed by atoms with E-state index < -0.39 is 23.6 Å². The zero-order valence-corrected chi connectivity index (χ0v) is 24.9. The number of nitriles is 1. The van der Waals surface area contributed by atoms with Crippen LogP contribution in [0.5, 0.6) is 11.8 Å². The molecule has 5 rings (SSSR count). The van der Waals surface area contributed by atoms with Crippen LogP contribution in [0.3, 0.4) is 0 Å². The van der Waals surface area contributed by atoms with Gasteiger partial charge in [0.1, 0.15) is 23.1 Å². The summed E-state index contributed by atoms with van der Waals surface area (Å²) in [4.78, 5) is 29.5. The first-order valence-electron chi connectivity index (χ1n) is 14.8. The molecule has 1 aromatic heterocycles. The Bertz CT molecular complexity index is 1390. The van der Waals surface area contributed by atoms with E-state index >= 15 is 0 Å². The van der Waals surface area contributed by atoms with Crippen LogP contribution in [0.4, 0.5) is 20.3 Å². The minimum atomic E-state index is -1.05. The molecule has 2 aliphatic heterocycles. The van der Waals surface area contributed by atoms with Crippen molar-refractivity contribution in [2.75, 3.05) is 63.2 Å². The first kappa shape index (κ1) is 30.5. The summed E-state index contributed by atoms with van der Waals surface area (Å²) in [5.74, 6) is -1.87. The molecule has 43 heavy (non-hydrogen) atoms. The van der Waals surface area contributed by atoms with Crippen molar-refractivity contribution in [1.29, 1.82) is 5.26 Å². The normalized spacial score (nSPS) is 19.7. The average molecular weight is 596 g/mol. The maximum Gasteiger partial charge on any atom is 0.318 e. The van der Waals surface area contributed by atoms with Gasteiger partial charge < -0.3 is 29.4 Å². The van der Waals surface area contributed by atoms with Crippen LogP contribution < -0.4 is 14.5 Å². The summed E-state index contributed by atoms with van der Waals surface area (Å²) in [6, 6.07) is 6.04. The second-order valence-electron chi connectivity index (χ2n) is 12.1. The summed E-state index contributed by atoms with van der Waals surface area (Å²) in [6.07, 6.45) is 4.53. The fourth-order valence-corrected chi connectivity index (χ4v) is 6.59. The number of halogens is 2. The molecule has 1 aliphatic carbocycles. The number of nitrogens with zero attached hydrogens (tertiary/aromatic N) is 7. The lowest BCUT2D eigenvalue weighted by Crippen LogP contribution is -2.55. The van der Waals surface area contributed by atoms with Crippen molar-refractivity contribution in [3.63, 3.8) is 0 Å². The molecule has 230 valence electrons. The molecular formula is C31H39F2N7O3. The van der Waals surface area contributed by atoms with Gasteiger partial charge >= 0.3 is 6.01 Å². The van der Waals surface area contributed by atoms with Crippen molar-refractivity contribution in [1.82, 2.24) is 19.8 Å². The van der Waals surface area contributed by atoms with Crippen molar-refractivity contribution in [2.24, 2.45) is 5.41 Å². The number of carbonyl (C=O) groups is 1. The van der Waals surface area contributed by atoms with E-state index in [0.29, 0.717) is 44.0 Å². The molecule has 2 aromatic rings. The lowest BCUT2D eigenvalue weighted by molar-refractivity contribution is -0.131. The summed E-state index contributed by atoms with van der Waals surface area (Å²) in [5.41, 5.74) is 1.69. The highest BCUT2D eigenvalue weighted by atomic mass is 19.1. The monoisotopic (exact) mass is 595 g/mol. The fraction of sp³-hybridized carbons (Fsp3) is 0.548. The number of para-hydroxylation sites is 1. The Hall–Kier alpha value is -3.98. The minimum absolute atomic E-state index is 0.0173. The molecule has 0 spiro atoms. The van der Waals surface area contributed by atoms with Gasteiger partial charge in [-0.2, -0.15) is 15.2 Å². The Balaban J connectivity index is 1.50. The van der Waals surface area contributed by atoms with Gasteiger partial charge in [-0.05, 0) is 51.9 Å². The summed E-state index contributed by atoms with van der Waals surface area (Å²) in [7, 11) is 4.09. The molecule has 0 bridgehead atoms. The SMILES string of the molecule is C=C(F)C(=O)N1CCN(c2nc(OCC3(CN(C)C)CCC3)nc3c2CCCN(c2c(O)cccc2F)C3)C[C@@H]1CC#N. The van der Waals surface area contributed by atoms with E-state index in [1.54, 1.807) is 4.90 Å². The second kappa shape index (κ2) is 12.7. The molecule has 3 aliphatic rings. The molecule has 0 radical (unpaired) electrons. The Morgan fingerprint density at radius 2 is 2.02 bits per heavy atom. The summed E-state index contributed by atoms with van der Waals surface area (Å²) >= 11 is 0. The predicted molar refractivity (Wildman–Crippen MR) is 158 cm³/mol. The Morgan fingerprint density at radius 1 is 1.23 bits per heavy atom. The van der Waals surface area contributed by atoms with Gasteiger partial charge in [0.25, 0.3) is 5.91 Å². The largest absolute Gasteiger partial charge is 0.506 e. The lowest BCUT2D eigenvalue weighted by Gasteiger charge is -2.43. The molecule has 1 N–H and O–H groups in total. The number of amides is 1. The number of hydrogen-bond donors (Lipinski definition) is 1. The summed E-state index contributed by atoms with van der Waals surface area (Å²) < 4.78 is 35.0. The van der Waals surface area contributed by atoms with E-state index in [1.165, 1.54) is 23.1 Å². The standard InChI is InChI=1S/C31H39F2N7O3/c1-21(32)29(42)40-16-15-39(17-22(40)10-13-34)28-23-7-5-14-38(27-24(33)8-4-9-26(27)41)18-25(23)35-30(36-28)43-20-31(11-6-12-31)19-37(2)3/h4,8-9,22,41H,1,5-7,10-12,14-20H2,2-3H3/t22-/m0/s1. The number of phenolic OH excluding ortho intramolecular Hbond substituents is 1. The van der Waals surface area contributed by atoms with Gasteiger partial charge in [-0.25, -0.2) is 8.78 Å². The average Bonchev–Trinajstić information content (AvgIpc) is 3.16. The van der Waals surface area contributed by atoms with Gasteiger partial charge in [-0.3, -0.25) is 4.79 Å². The molecule has 1 atom stereocenters. The first-order valence-corrected chi connectivity index (χ1v) is 14.8. The highest BCUT2D eigenvalue weighted by Gasteiger charge is 2.39. The van der Waals surface area contributed by atoms with E-state index in [1.807, 2.05) is 19.0 Å². The molecule has 2 fully saturated rings. The highest BCUT2D eigenvalue weighted by molar-refractivity contribution is 5.91. The van der Waals surface area contributed by atoms with Crippen LogP contribution >= 0.6 is 0 Å². The number of piperazine rings is 1. The predicted octanol–water partition coefficient (Wildman–Crippen LogP) is 3.80. The number of hydrogen-bond acceptors (Lipinski definition) is 9. The first-order chi connectivity index (χ1) is 20.6. The molecule has 0 unspecified atom stereocenters. The molecule has 3 heterocycles. The van der Waals surface area contributed by atoms with Crippen LogP contribution in [-0.4, -0.2) is 90.2 Å². The number of aromatic hydroxyl groups is 1. The molecule has 10 nitrogen and oxygen atoms in total. The molecule has 1 amide bonds. The van der Waals surface area contributed by atoms with Crippen LogP contribution in [0.15, 0.2) is 30.6 Å². The lowest BCUT2D eigenvalue weighted by atomic mass is 9.69. The minimum Gasteiger partial charge on any atom is -0.506 e. The van der Waals surface area contributed by atoms with Crippen molar-refractivity contribution >= 4 is 17.4 Å². The number of benzene rings is 1. The third-order valence-electron chi connectivity index (χ3n) is 8.70. The van der Waals surface area contributed by atoms with E-state index in [2.05, 4.69) is 17.5 Å². The van der Waals surface area contributed by atoms with Gasteiger partial charge in [0, 0.05) is 43.7 Å². The number of anilines is 2. The van der Waals surface area contributed by atoms with Crippen LogP contribution in [0, 0.1) is 22.6 Å². The number of phenols is 1. The number of aromatic nitrogens is 2. The number of rotatable bonds is 9. The number of ether oxygens (including phenoxy) is 1. The van der Waals surface area contributed by atoms with E-state index in [4.69, 9.17) is 14.7 Å². The van der Waals surface area contributed by atoms with Crippen LogP contribution in [-0.2, 0) is 17.8 Å². The van der Waals surface area contributed by atoms with Gasteiger partial charge in [-0.1, -0.05) is 19.1 Å². The van der Waals surface area contributed by atoms with E-state index in [0.717, 1.165) is 31.4 Å². The van der Waals surface area contributed by atoms with Crippen molar-refractivity contribution in [3.05, 3.63) is 47.7 Å². The van der Waals surface area contributed by atoms with E-state index in [-0.39, 0.29) is 48.9 Å². The smallest absolute Gasteiger partial charge is 0.318 e. The van der Waals surface area contributed by atoms with Crippen LogP contribution in [0.25, 0.3) is 0 Å². The second-order valence-corrected chi connectivity index (χ2v) is 12.1. The highest BCUT2D eigenvalue weighted by Crippen LogP contribution is 2.42. The molecule has 12 heteroatoms. The Morgan fingerprint density at radius 3 is 2.67 bits per heavy atom. The topological polar surface area (TPSA) is 109 Å². The maximum atomic E-state index is 14.9. The van der Waals surface area contributed by atoms with Crippen molar-refractivity contribution < 1.29 is 23.4 Å². The van der Waals surface area contributed by atoms with Crippen LogP contribution in [0.2, 0.25) is 0 Å². The third-order valence-corrected chi connectivity index (χ3v) is 8.70. The fourth-order valence-electron chi connectivity index (χ4n) is 6.59. The molecular weight excluding hydrogens is 556 g/mol. The maximum absolute atomic E-state index is 14.9. The van der Waals surface area contributed by atoms with Crippen LogP contribution in [0.1, 0.15) is 43.4 Å². The Labute approximate surface area is 251 Å². The van der Waals surface area contributed by atoms with Crippen molar-refractivity contribution in [2.45, 2.75) is 51.1 Å². The van der Waals surface area contributed by atoms with Gasteiger partial charge in [-0.15, -0.1) is 0 Å². The van der Waals surface area contributed by atoms with E-state index in [9.17, 15) is 23.9 Å². The molecule has 1 saturated carbocycles. The zero-order valence-electron chi connectivity index (χ0n) is 24.9. The molecule has 1 aromatic carbocycles. The number of fused-ring (bicyclic) bond motifs is 1. The Kier molecular flexibility index (Phi) is 9.01. The van der Waals surface area contributed by atoms with Gasteiger partial charge in [0.2, 0.25) is 0 Å².